The molecule has 1 atom stereocenters. The zero-order valence-corrected chi connectivity index (χ0v) is 12.1. The smallest absolute Gasteiger partial charge is 0.165 e. The first-order chi connectivity index (χ1) is 9.79. The summed E-state index contributed by atoms with van der Waals surface area (Å²) in [5.74, 6) is 0.770. The summed E-state index contributed by atoms with van der Waals surface area (Å²) in [5.41, 5.74) is 1.11. The van der Waals surface area contributed by atoms with Gasteiger partial charge in [0.05, 0.1) is 7.11 Å². The third-order valence-corrected chi connectivity index (χ3v) is 4.66. The van der Waals surface area contributed by atoms with Crippen LogP contribution in [-0.2, 0) is 0 Å². The van der Waals surface area contributed by atoms with Gasteiger partial charge in [0.15, 0.2) is 11.6 Å². The van der Waals surface area contributed by atoms with Crippen molar-refractivity contribution < 1.29 is 9.13 Å². The molecular weight excluding hydrogens is 255 g/mol. The van der Waals surface area contributed by atoms with Gasteiger partial charge in [-0.2, -0.15) is 0 Å². The van der Waals surface area contributed by atoms with E-state index in [2.05, 4.69) is 10.2 Å². The predicted molar refractivity (Wildman–Crippen MR) is 77.5 cm³/mol. The highest BCUT2D eigenvalue weighted by Crippen LogP contribution is 2.42. The van der Waals surface area contributed by atoms with Gasteiger partial charge in [-0.25, -0.2) is 4.39 Å². The monoisotopic (exact) mass is 278 g/mol. The van der Waals surface area contributed by atoms with Gasteiger partial charge >= 0.3 is 0 Å². The minimum absolute atomic E-state index is 0.246. The summed E-state index contributed by atoms with van der Waals surface area (Å²) in [7, 11) is 1.51. The SMILES string of the molecule is COc1ccc([C@H](C2CCC2)N2CCNCC2)cc1F. The molecule has 0 unspecified atom stereocenters. The Hall–Kier alpha value is -1.13. The third kappa shape index (κ3) is 2.67. The Labute approximate surface area is 120 Å². The fraction of sp³-hybridized carbons (Fsp3) is 0.625. The second-order valence-corrected chi connectivity index (χ2v) is 5.82. The zero-order valence-electron chi connectivity index (χ0n) is 12.1. The van der Waals surface area contributed by atoms with Gasteiger partial charge in [-0.3, -0.25) is 4.90 Å². The molecule has 110 valence electrons. The lowest BCUT2D eigenvalue weighted by Gasteiger charge is -2.43. The van der Waals surface area contributed by atoms with E-state index in [0.717, 1.165) is 31.7 Å². The molecule has 1 saturated carbocycles. The van der Waals surface area contributed by atoms with Gasteiger partial charge in [0.25, 0.3) is 0 Å². The lowest BCUT2D eigenvalue weighted by atomic mass is 9.76. The maximum Gasteiger partial charge on any atom is 0.165 e. The number of rotatable bonds is 4. The molecule has 20 heavy (non-hydrogen) atoms. The van der Waals surface area contributed by atoms with E-state index in [0.29, 0.717) is 17.7 Å². The average molecular weight is 278 g/mol. The summed E-state index contributed by atoms with van der Waals surface area (Å²) in [6.45, 7) is 4.16. The Bertz CT molecular complexity index is 456. The minimum Gasteiger partial charge on any atom is -0.494 e. The lowest BCUT2D eigenvalue weighted by Crippen LogP contribution is -2.47. The Balaban J connectivity index is 1.85. The largest absolute Gasteiger partial charge is 0.494 e. The van der Waals surface area contributed by atoms with Crippen LogP contribution in [0.5, 0.6) is 5.75 Å². The van der Waals surface area contributed by atoms with E-state index in [1.165, 1.54) is 26.4 Å². The van der Waals surface area contributed by atoms with E-state index in [1.807, 2.05) is 6.07 Å². The van der Waals surface area contributed by atoms with Crippen LogP contribution in [0.2, 0.25) is 0 Å². The summed E-state index contributed by atoms with van der Waals surface area (Å²) < 4.78 is 19.0. The van der Waals surface area contributed by atoms with Gasteiger partial charge in [0.2, 0.25) is 0 Å². The molecule has 3 nitrogen and oxygen atoms in total. The van der Waals surface area contributed by atoms with Crippen LogP contribution in [-0.4, -0.2) is 38.2 Å². The van der Waals surface area contributed by atoms with E-state index in [9.17, 15) is 4.39 Å². The van der Waals surface area contributed by atoms with Crippen molar-refractivity contribution in [2.45, 2.75) is 25.3 Å². The number of piperazine rings is 1. The van der Waals surface area contributed by atoms with Gasteiger partial charge in [-0.05, 0) is 36.5 Å². The van der Waals surface area contributed by atoms with Crippen LogP contribution in [0.1, 0.15) is 30.9 Å². The molecule has 1 N–H and O–H groups in total. The molecule has 4 heteroatoms. The molecule has 1 saturated heterocycles. The van der Waals surface area contributed by atoms with Gasteiger partial charge in [0.1, 0.15) is 0 Å². The molecule has 1 heterocycles. The van der Waals surface area contributed by atoms with Crippen molar-refractivity contribution >= 4 is 0 Å². The highest BCUT2D eigenvalue weighted by molar-refractivity contribution is 5.31. The van der Waals surface area contributed by atoms with E-state index >= 15 is 0 Å². The average Bonchev–Trinajstić information content (AvgIpc) is 2.43. The summed E-state index contributed by atoms with van der Waals surface area (Å²) >= 11 is 0. The van der Waals surface area contributed by atoms with Crippen molar-refractivity contribution in [2.24, 2.45) is 5.92 Å². The molecule has 2 aliphatic rings. The fourth-order valence-electron chi connectivity index (χ4n) is 3.36. The van der Waals surface area contributed by atoms with Crippen molar-refractivity contribution in [1.29, 1.82) is 0 Å². The Morgan fingerprint density at radius 2 is 2.05 bits per heavy atom. The van der Waals surface area contributed by atoms with Crippen molar-refractivity contribution in [1.82, 2.24) is 10.2 Å². The van der Waals surface area contributed by atoms with Crippen LogP contribution >= 0.6 is 0 Å². The second kappa shape index (κ2) is 6.10. The van der Waals surface area contributed by atoms with Crippen LogP contribution in [0.4, 0.5) is 4.39 Å². The first kappa shape index (κ1) is 13.8. The van der Waals surface area contributed by atoms with Crippen LogP contribution in [0, 0.1) is 11.7 Å². The molecule has 0 bridgehead atoms. The molecule has 1 aliphatic heterocycles. The molecule has 0 amide bonds. The van der Waals surface area contributed by atoms with E-state index in [-0.39, 0.29) is 5.82 Å². The molecule has 1 aromatic carbocycles. The fourth-order valence-corrected chi connectivity index (χ4v) is 3.36. The highest BCUT2D eigenvalue weighted by atomic mass is 19.1. The number of benzene rings is 1. The van der Waals surface area contributed by atoms with Crippen LogP contribution in [0.15, 0.2) is 18.2 Å². The Kier molecular flexibility index (Phi) is 4.22. The molecule has 0 spiro atoms. The van der Waals surface area contributed by atoms with Gasteiger partial charge in [-0.1, -0.05) is 12.5 Å². The van der Waals surface area contributed by atoms with Crippen molar-refractivity contribution in [3.8, 4) is 5.75 Å². The number of ether oxygens (including phenoxy) is 1. The van der Waals surface area contributed by atoms with Crippen molar-refractivity contribution in [2.75, 3.05) is 33.3 Å². The van der Waals surface area contributed by atoms with Gasteiger partial charge in [0, 0.05) is 32.2 Å². The van der Waals surface area contributed by atoms with Crippen LogP contribution in [0.25, 0.3) is 0 Å². The number of methoxy groups -OCH3 is 1. The summed E-state index contributed by atoms with van der Waals surface area (Å²) in [6, 6.07) is 5.83. The molecule has 3 rings (SSSR count). The quantitative estimate of drug-likeness (QED) is 0.916. The lowest BCUT2D eigenvalue weighted by molar-refractivity contribution is 0.0834. The maximum atomic E-state index is 14.0. The number of nitrogens with zero attached hydrogens (tertiary/aromatic N) is 1. The maximum absolute atomic E-state index is 14.0. The topological polar surface area (TPSA) is 24.5 Å². The summed E-state index contributed by atoms with van der Waals surface area (Å²) in [5, 5.41) is 3.39. The number of hydrogen-bond donors (Lipinski definition) is 1. The first-order valence-electron chi connectivity index (χ1n) is 7.58. The number of nitrogens with one attached hydrogen (secondary N) is 1. The Morgan fingerprint density at radius 3 is 2.60 bits per heavy atom. The summed E-state index contributed by atoms with van der Waals surface area (Å²) in [6.07, 6.45) is 3.84. The van der Waals surface area contributed by atoms with Crippen LogP contribution in [0.3, 0.4) is 0 Å². The molecular formula is C16H23FN2O. The predicted octanol–water partition coefficient (Wildman–Crippen LogP) is 2.58. The normalized spacial score (nSPS) is 22.3. The minimum atomic E-state index is -0.246. The van der Waals surface area contributed by atoms with E-state index in [1.54, 1.807) is 12.1 Å². The molecule has 1 aliphatic carbocycles. The second-order valence-electron chi connectivity index (χ2n) is 5.82. The van der Waals surface area contributed by atoms with E-state index in [4.69, 9.17) is 4.74 Å². The number of halogens is 1. The molecule has 0 radical (unpaired) electrons. The van der Waals surface area contributed by atoms with Crippen molar-refractivity contribution in [3.63, 3.8) is 0 Å². The molecule has 0 aromatic heterocycles. The van der Waals surface area contributed by atoms with Crippen molar-refractivity contribution in [3.05, 3.63) is 29.6 Å². The Morgan fingerprint density at radius 1 is 1.30 bits per heavy atom. The first-order valence-corrected chi connectivity index (χ1v) is 7.58. The summed E-state index contributed by atoms with van der Waals surface area (Å²) in [4.78, 5) is 2.52. The zero-order chi connectivity index (χ0) is 13.9. The van der Waals surface area contributed by atoms with Gasteiger partial charge in [-0.15, -0.1) is 0 Å². The number of hydrogen-bond acceptors (Lipinski definition) is 3. The van der Waals surface area contributed by atoms with Crippen LogP contribution < -0.4 is 10.1 Å². The standard InChI is InChI=1S/C16H23FN2O/c1-20-15-6-5-13(11-14(15)17)16(12-3-2-4-12)19-9-7-18-8-10-19/h5-6,11-12,16,18H,2-4,7-10H2,1H3/t16-/m0/s1. The highest BCUT2D eigenvalue weighted by Gasteiger charge is 2.33. The van der Waals surface area contributed by atoms with Gasteiger partial charge < -0.3 is 10.1 Å². The molecule has 1 aromatic rings. The van der Waals surface area contributed by atoms with E-state index < -0.39 is 0 Å². The molecule has 2 fully saturated rings. The third-order valence-electron chi connectivity index (χ3n) is 4.66.